The zero-order valence-electron chi connectivity index (χ0n) is 13.8. The Morgan fingerprint density at radius 3 is 1.48 bits per heavy atom. The molecule has 0 fully saturated rings. The predicted octanol–water partition coefficient (Wildman–Crippen LogP) is 6.99. The molecule has 0 heterocycles. The van der Waals surface area contributed by atoms with E-state index in [1.807, 2.05) is 0 Å². The van der Waals surface area contributed by atoms with Gasteiger partial charge in [-0.2, -0.15) is 39.5 Å². The largest absolute Gasteiger partial charge is 0.460 e. The topological polar surface area (TPSA) is 0 Å². The molecule has 0 rings (SSSR count). The summed E-state index contributed by atoms with van der Waals surface area (Å²) in [6.45, 7) is 2.06. The molecule has 0 nitrogen and oxygen atoms in total. The third kappa shape index (κ3) is 6.63. The van der Waals surface area contributed by atoms with Crippen molar-refractivity contribution >= 4 is 0 Å². The molecule has 0 amide bonds. The fourth-order valence-corrected chi connectivity index (χ4v) is 1.97. The summed E-state index contributed by atoms with van der Waals surface area (Å²) in [6, 6.07) is 0. The van der Waals surface area contributed by atoms with Gasteiger partial charge in [0.1, 0.15) is 0 Å². The highest BCUT2D eigenvalue weighted by atomic mass is 19.4. The van der Waals surface area contributed by atoms with Crippen LogP contribution in [0.15, 0.2) is 0 Å². The third-order valence-corrected chi connectivity index (χ3v) is 3.55. The van der Waals surface area contributed by atoms with Crippen molar-refractivity contribution in [2.45, 2.75) is 88.7 Å². The van der Waals surface area contributed by atoms with Gasteiger partial charge in [-0.3, -0.25) is 0 Å². The van der Waals surface area contributed by atoms with E-state index in [-0.39, 0.29) is 12.8 Å². The van der Waals surface area contributed by atoms with E-state index in [4.69, 9.17) is 0 Å². The summed E-state index contributed by atoms with van der Waals surface area (Å²) in [4.78, 5) is 0. The summed E-state index contributed by atoms with van der Waals surface area (Å²) < 4.78 is 113. The van der Waals surface area contributed by atoms with Gasteiger partial charge in [0.25, 0.3) is 0 Å². The lowest BCUT2D eigenvalue weighted by atomic mass is 10.0. The van der Waals surface area contributed by atoms with Gasteiger partial charge < -0.3 is 0 Å². The smallest absolute Gasteiger partial charge is 0.191 e. The minimum atomic E-state index is -6.88. The van der Waals surface area contributed by atoms with Crippen LogP contribution in [-0.4, -0.2) is 23.9 Å². The zero-order chi connectivity index (χ0) is 19.8. The minimum Gasteiger partial charge on any atom is -0.191 e. The van der Waals surface area contributed by atoms with Crippen molar-refractivity contribution in [3.8, 4) is 11.8 Å². The van der Waals surface area contributed by atoms with Gasteiger partial charge in [-0.25, -0.2) is 0 Å². The van der Waals surface area contributed by atoms with Crippen LogP contribution in [0.4, 0.5) is 39.5 Å². The van der Waals surface area contributed by atoms with E-state index in [0.717, 1.165) is 38.5 Å². The molecule has 0 aromatic carbocycles. The fourth-order valence-electron chi connectivity index (χ4n) is 1.97. The first-order valence-electron chi connectivity index (χ1n) is 8.01. The van der Waals surface area contributed by atoms with E-state index in [2.05, 4.69) is 6.92 Å². The highest BCUT2D eigenvalue weighted by molar-refractivity contribution is 5.18. The van der Waals surface area contributed by atoms with E-state index >= 15 is 0 Å². The van der Waals surface area contributed by atoms with Gasteiger partial charge in [0, 0.05) is 6.42 Å². The molecule has 0 N–H and O–H groups in total. The normalized spacial score (nSPS) is 13.5. The Kier molecular flexibility index (Phi) is 9.17. The number of halogens is 9. The highest BCUT2D eigenvalue weighted by Gasteiger charge is 2.81. The molecule has 0 spiro atoms. The lowest BCUT2D eigenvalue weighted by Gasteiger charge is -2.31. The predicted molar refractivity (Wildman–Crippen MR) is 75.9 cm³/mol. The van der Waals surface area contributed by atoms with E-state index in [0.29, 0.717) is 12.3 Å². The number of hydrogen-bond donors (Lipinski definition) is 0. The molecule has 9 heteroatoms. The van der Waals surface area contributed by atoms with Crippen LogP contribution in [0.25, 0.3) is 0 Å². The number of unbranched alkanes of at least 4 members (excludes halogenated alkanes) is 8. The van der Waals surface area contributed by atoms with Gasteiger partial charge >= 0.3 is 23.9 Å². The van der Waals surface area contributed by atoms with E-state index < -0.39 is 23.9 Å². The number of rotatable bonds is 10. The molecule has 0 aromatic rings. The van der Waals surface area contributed by atoms with Gasteiger partial charge in [0.05, 0.1) is 0 Å². The summed E-state index contributed by atoms with van der Waals surface area (Å²) in [5, 5.41) is 0. The summed E-state index contributed by atoms with van der Waals surface area (Å²) >= 11 is 0. The second kappa shape index (κ2) is 9.58. The van der Waals surface area contributed by atoms with Crippen molar-refractivity contribution in [3.63, 3.8) is 0 Å². The summed E-state index contributed by atoms with van der Waals surface area (Å²) in [6.07, 6.45) is -0.249. The van der Waals surface area contributed by atoms with Crippen LogP contribution < -0.4 is 0 Å². The van der Waals surface area contributed by atoms with Crippen LogP contribution in [-0.2, 0) is 0 Å². The van der Waals surface area contributed by atoms with Crippen molar-refractivity contribution in [1.82, 2.24) is 0 Å². The lowest BCUT2D eigenvalue weighted by Crippen LogP contribution is -2.60. The number of alkyl halides is 9. The highest BCUT2D eigenvalue weighted by Crippen LogP contribution is 2.52. The Balaban J connectivity index is 4.47. The van der Waals surface area contributed by atoms with Gasteiger partial charge in [-0.15, -0.1) is 0 Å². The van der Waals surface area contributed by atoms with E-state index in [1.54, 1.807) is 5.92 Å². The van der Waals surface area contributed by atoms with Crippen molar-refractivity contribution in [2.75, 3.05) is 0 Å². The van der Waals surface area contributed by atoms with Gasteiger partial charge in [-0.1, -0.05) is 57.8 Å². The SMILES string of the molecule is CCCCCCCCCCC#CC(F)(F)C(F)(F)C(F)(F)C(F)(F)F. The van der Waals surface area contributed by atoms with Gasteiger partial charge in [-0.05, 0) is 12.3 Å². The minimum absolute atomic E-state index is 0.276. The van der Waals surface area contributed by atoms with Gasteiger partial charge in [0.2, 0.25) is 0 Å². The Bertz CT molecular complexity index is 441. The average molecular weight is 384 g/mol. The maximum absolute atomic E-state index is 13.1. The van der Waals surface area contributed by atoms with Crippen molar-refractivity contribution < 1.29 is 39.5 Å². The quantitative estimate of drug-likeness (QED) is 0.216. The Morgan fingerprint density at radius 2 is 1.04 bits per heavy atom. The summed E-state index contributed by atoms with van der Waals surface area (Å²) in [5.41, 5.74) is 0. The van der Waals surface area contributed by atoms with Gasteiger partial charge in [0.15, 0.2) is 0 Å². The van der Waals surface area contributed by atoms with Crippen LogP contribution in [0.3, 0.4) is 0 Å². The van der Waals surface area contributed by atoms with Crippen LogP contribution in [0.2, 0.25) is 0 Å². The summed E-state index contributed by atoms with van der Waals surface area (Å²) in [5.74, 6) is -17.1. The maximum atomic E-state index is 13.1. The van der Waals surface area contributed by atoms with E-state index in [9.17, 15) is 39.5 Å². The second-order valence-electron chi connectivity index (χ2n) is 5.75. The molecule has 0 bridgehead atoms. The van der Waals surface area contributed by atoms with Crippen molar-refractivity contribution in [1.29, 1.82) is 0 Å². The third-order valence-electron chi connectivity index (χ3n) is 3.55. The monoisotopic (exact) mass is 384 g/mol. The zero-order valence-corrected chi connectivity index (χ0v) is 13.8. The molecule has 0 saturated carbocycles. The van der Waals surface area contributed by atoms with E-state index in [1.165, 1.54) is 0 Å². The standard InChI is InChI=1S/C16H21F9/c1-2-3-4-5-6-7-8-9-10-11-12-13(17,18)14(19,20)15(21,22)16(23,24)25/h2-10H2,1H3. The molecule has 0 aliphatic rings. The van der Waals surface area contributed by atoms with Crippen LogP contribution in [0, 0.1) is 11.8 Å². The Hall–Kier alpha value is -1.07. The molecule has 0 radical (unpaired) electrons. The van der Waals surface area contributed by atoms with Crippen LogP contribution in [0.1, 0.15) is 64.7 Å². The first kappa shape index (κ1) is 23.9. The molecule has 25 heavy (non-hydrogen) atoms. The molecule has 0 aromatic heterocycles. The first-order chi connectivity index (χ1) is 11.3. The molecule has 148 valence electrons. The maximum Gasteiger partial charge on any atom is 0.460 e. The molecular formula is C16H21F9. The molecule has 0 atom stereocenters. The average Bonchev–Trinajstić information content (AvgIpc) is 2.47. The van der Waals surface area contributed by atoms with Crippen molar-refractivity contribution in [2.24, 2.45) is 0 Å². The molecule has 0 unspecified atom stereocenters. The first-order valence-corrected chi connectivity index (χ1v) is 8.01. The van der Waals surface area contributed by atoms with Crippen LogP contribution in [0.5, 0.6) is 0 Å². The summed E-state index contributed by atoms with van der Waals surface area (Å²) in [7, 11) is 0. The van der Waals surface area contributed by atoms with Crippen LogP contribution >= 0.6 is 0 Å². The Labute approximate surface area is 141 Å². The lowest BCUT2D eigenvalue weighted by molar-refractivity contribution is -0.386. The number of hydrogen-bond acceptors (Lipinski definition) is 0. The Morgan fingerprint density at radius 1 is 0.600 bits per heavy atom. The fraction of sp³-hybridized carbons (Fsp3) is 0.875. The molecule has 0 aliphatic carbocycles. The molecular weight excluding hydrogens is 363 g/mol. The second-order valence-corrected chi connectivity index (χ2v) is 5.75. The molecule has 0 saturated heterocycles. The van der Waals surface area contributed by atoms with Crippen molar-refractivity contribution in [3.05, 3.63) is 0 Å². The molecule has 0 aliphatic heterocycles.